The van der Waals surface area contributed by atoms with Crippen LogP contribution in [0.3, 0.4) is 0 Å². The van der Waals surface area contributed by atoms with E-state index in [-0.39, 0.29) is 9.64 Å². The van der Waals surface area contributed by atoms with E-state index in [9.17, 15) is 8.42 Å². The van der Waals surface area contributed by atoms with Crippen LogP contribution in [0.4, 0.5) is 0 Å². The number of sulfonamides is 1. The highest BCUT2D eigenvalue weighted by Gasteiger charge is 2.28. The summed E-state index contributed by atoms with van der Waals surface area (Å²) in [4.78, 5) is 6.82. The summed E-state index contributed by atoms with van der Waals surface area (Å²) < 4.78 is 28.8. The highest BCUT2D eigenvalue weighted by Crippen LogP contribution is 2.29. The predicted octanol–water partition coefficient (Wildman–Crippen LogP) is 0.706. The van der Waals surface area contributed by atoms with Gasteiger partial charge in [-0.25, -0.2) is 13.1 Å². The molecule has 0 unspecified atom stereocenters. The van der Waals surface area contributed by atoms with Crippen molar-refractivity contribution >= 4 is 27.7 Å². The van der Waals surface area contributed by atoms with Crippen molar-refractivity contribution in [3.63, 3.8) is 0 Å². The number of hydrogen-bond donors (Lipinski definition) is 2. The highest BCUT2D eigenvalue weighted by molar-refractivity contribution is 8.00. The second-order valence-electron chi connectivity index (χ2n) is 6.41. The minimum Gasteiger partial charge on any atom is -0.356 e. The molecule has 0 aliphatic carbocycles. The van der Waals surface area contributed by atoms with Gasteiger partial charge in [0.15, 0.2) is 5.96 Å². The quantitative estimate of drug-likeness (QED) is 0.451. The summed E-state index contributed by atoms with van der Waals surface area (Å²) in [5.74, 6) is 1.89. The molecule has 1 aromatic heterocycles. The molecule has 0 amide bonds. The Morgan fingerprint density at radius 3 is 2.75 bits per heavy atom. The normalized spacial score (nSPS) is 18.7. The number of guanidine groups is 1. The molecular weight excluding hydrogens is 346 g/mol. The number of aliphatic imine (C=N–C) groups is 1. The average molecular weight is 374 g/mol. The highest BCUT2D eigenvalue weighted by atomic mass is 32.2. The number of rotatable bonds is 5. The summed E-state index contributed by atoms with van der Waals surface area (Å²) in [6, 6.07) is 1.59. The zero-order valence-corrected chi connectivity index (χ0v) is 16.4. The maximum atomic E-state index is 12.2. The van der Waals surface area contributed by atoms with Gasteiger partial charge in [0.05, 0.1) is 4.90 Å². The number of nitrogens with zero attached hydrogens (tertiary/aromatic N) is 3. The topological polar surface area (TPSA) is 78.7 Å². The van der Waals surface area contributed by atoms with E-state index in [2.05, 4.69) is 33.8 Å². The lowest BCUT2D eigenvalue weighted by atomic mass is 10.2. The number of thioether (sulfide) groups is 1. The van der Waals surface area contributed by atoms with Gasteiger partial charge in [0.25, 0.3) is 0 Å². The van der Waals surface area contributed by atoms with Gasteiger partial charge in [0, 0.05) is 63.2 Å². The molecule has 1 aliphatic rings. The summed E-state index contributed by atoms with van der Waals surface area (Å²) in [5, 5.41) is 3.24. The van der Waals surface area contributed by atoms with Crippen molar-refractivity contribution in [1.82, 2.24) is 19.5 Å². The van der Waals surface area contributed by atoms with Crippen LogP contribution in [0.5, 0.6) is 0 Å². The first-order valence-corrected chi connectivity index (χ1v) is 10.4. The third-order valence-corrected chi connectivity index (χ3v) is 6.50. The van der Waals surface area contributed by atoms with Crippen LogP contribution in [0.25, 0.3) is 0 Å². The van der Waals surface area contributed by atoms with Crippen molar-refractivity contribution in [2.45, 2.75) is 23.5 Å². The van der Waals surface area contributed by atoms with Crippen molar-refractivity contribution < 1.29 is 8.42 Å². The molecule has 1 aromatic rings. The second kappa shape index (κ2) is 7.79. The minimum atomic E-state index is -3.46. The lowest BCUT2D eigenvalue weighted by molar-refractivity contribution is 0.376. The summed E-state index contributed by atoms with van der Waals surface area (Å²) in [6.07, 6.45) is 3.30. The fourth-order valence-corrected chi connectivity index (χ4v) is 4.80. The molecule has 0 saturated carbocycles. The first-order valence-electron chi connectivity index (χ1n) is 7.95. The van der Waals surface area contributed by atoms with E-state index in [1.54, 1.807) is 37.1 Å². The Morgan fingerprint density at radius 1 is 1.42 bits per heavy atom. The molecule has 7 nitrogen and oxygen atoms in total. The van der Waals surface area contributed by atoms with E-state index >= 15 is 0 Å². The smallest absolute Gasteiger partial charge is 0.242 e. The maximum absolute atomic E-state index is 12.2. The van der Waals surface area contributed by atoms with Gasteiger partial charge < -0.3 is 14.8 Å². The fraction of sp³-hybridized carbons (Fsp3) is 0.667. The number of nitrogens with one attached hydrogen (secondary N) is 2. The van der Waals surface area contributed by atoms with Gasteiger partial charge in [0.2, 0.25) is 10.0 Å². The molecule has 2 heterocycles. The van der Waals surface area contributed by atoms with E-state index < -0.39 is 10.0 Å². The molecule has 1 aliphatic heterocycles. The van der Waals surface area contributed by atoms with Crippen LogP contribution in [0.15, 0.2) is 28.3 Å². The summed E-state index contributed by atoms with van der Waals surface area (Å²) in [7, 11) is 0.0946. The Labute approximate surface area is 148 Å². The molecule has 1 saturated heterocycles. The monoisotopic (exact) mass is 373 g/mol. The van der Waals surface area contributed by atoms with E-state index in [0.717, 1.165) is 24.8 Å². The molecule has 1 fully saturated rings. The van der Waals surface area contributed by atoms with Gasteiger partial charge in [0.1, 0.15) is 0 Å². The van der Waals surface area contributed by atoms with Crippen molar-refractivity contribution in [2.24, 2.45) is 12.0 Å². The maximum Gasteiger partial charge on any atom is 0.242 e. The predicted molar refractivity (Wildman–Crippen MR) is 100 cm³/mol. The summed E-state index contributed by atoms with van der Waals surface area (Å²) >= 11 is 1.97. The van der Waals surface area contributed by atoms with Crippen molar-refractivity contribution in [3.8, 4) is 0 Å². The van der Waals surface area contributed by atoms with Crippen LogP contribution < -0.4 is 10.0 Å². The molecule has 0 atom stereocenters. The fourth-order valence-electron chi connectivity index (χ4n) is 2.61. The molecule has 9 heteroatoms. The molecule has 2 N–H and O–H groups in total. The third kappa shape index (κ3) is 5.15. The average Bonchev–Trinajstić information content (AvgIpc) is 2.94. The number of aryl methyl sites for hydroxylation is 1. The number of aromatic nitrogens is 1. The summed E-state index contributed by atoms with van der Waals surface area (Å²) in [5.41, 5.74) is 0. The molecule has 0 radical (unpaired) electrons. The Morgan fingerprint density at radius 2 is 2.17 bits per heavy atom. The largest absolute Gasteiger partial charge is 0.356 e. The SMILES string of the molecule is CN=C(NCCNS(=O)(=O)c1ccn(C)c1)N1CCSC(C)(C)C1. The minimum absolute atomic E-state index is 0.199. The third-order valence-electron chi connectivity index (χ3n) is 3.75. The van der Waals surface area contributed by atoms with Gasteiger partial charge >= 0.3 is 0 Å². The molecule has 0 aromatic carbocycles. The van der Waals surface area contributed by atoms with Crippen LogP contribution in [0.1, 0.15) is 13.8 Å². The lowest BCUT2D eigenvalue weighted by Crippen LogP contribution is -2.51. The van der Waals surface area contributed by atoms with Gasteiger partial charge in [-0.3, -0.25) is 4.99 Å². The molecule has 0 bridgehead atoms. The van der Waals surface area contributed by atoms with Crippen LogP contribution in [-0.4, -0.2) is 67.6 Å². The van der Waals surface area contributed by atoms with E-state index in [0.29, 0.717) is 13.1 Å². The Bertz CT molecular complexity index is 682. The zero-order valence-electron chi connectivity index (χ0n) is 14.7. The Balaban J connectivity index is 1.82. The van der Waals surface area contributed by atoms with Crippen molar-refractivity contribution in [1.29, 1.82) is 0 Å². The van der Waals surface area contributed by atoms with Crippen molar-refractivity contribution in [3.05, 3.63) is 18.5 Å². The van der Waals surface area contributed by atoms with Gasteiger partial charge in [-0.15, -0.1) is 0 Å². The molecule has 24 heavy (non-hydrogen) atoms. The van der Waals surface area contributed by atoms with Crippen LogP contribution >= 0.6 is 11.8 Å². The number of hydrogen-bond acceptors (Lipinski definition) is 4. The molecule has 136 valence electrons. The van der Waals surface area contributed by atoms with Crippen LogP contribution in [0.2, 0.25) is 0 Å². The molecular formula is C15H27N5O2S2. The van der Waals surface area contributed by atoms with E-state index in [4.69, 9.17) is 0 Å². The van der Waals surface area contributed by atoms with Crippen LogP contribution in [-0.2, 0) is 17.1 Å². The lowest BCUT2D eigenvalue weighted by Gasteiger charge is -2.39. The van der Waals surface area contributed by atoms with Gasteiger partial charge in [-0.1, -0.05) is 0 Å². The second-order valence-corrected chi connectivity index (χ2v) is 9.98. The van der Waals surface area contributed by atoms with Gasteiger partial charge in [-0.05, 0) is 19.9 Å². The first kappa shape index (κ1) is 19.1. The Kier molecular flexibility index (Phi) is 6.22. The Hall–Kier alpha value is -1.19. The van der Waals surface area contributed by atoms with Gasteiger partial charge in [-0.2, -0.15) is 11.8 Å². The summed E-state index contributed by atoms with van der Waals surface area (Å²) in [6.45, 7) is 7.12. The molecule has 0 spiro atoms. The standard InChI is InChI=1S/C15H27N5O2S2/c1-15(2)12-20(9-10-23-15)14(16-3)17-6-7-18-24(21,22)13-5-8-19(4)11-13/h5,8,11,18H,6-7,9-10,12H2,1-4H3,(H,16,17). The van der Waals surface area contributed by atoms with Crippen molar-refractivity contribution in [2.75, 3.05) is 39.0 Å². The zero-order chi connectivity index (χ0) is 17.8. The van der Waals surface area contributed by atoms with E-state index in [1.165, 1.54) is 0 Å². The first-order chi connectivity index (χ1) is 11.2. The van der Waals surface area contributed by atoms with E-state index in [1.807, 2.05) is 11.8 Å². The van der Waals surface area contributed by atoms with Crippen LogP contribution in [0, 0.1) is 0 Å². The molecule has 2 rings (SSSR count).